The van der Waals surface area contributed by atoms with Gasteiger partial charge < -0.3 is 5.11 Å². The normalized spacial score (nSPS) is 13.3. The summed E-state index contributed by atoms with van der Waals surface area (Å²) in [7, 11) is -1.85. The van der Waals surface area contributed by atoms with E-state index in [-0.39, 0.29) is 12.3 Å². The summed E-state index contributed by atoms with van der Waals surface area (Å²) in [6.07, 6.45) is 1.33. The molecule has 0 bridgehead atoms. The Hall–Kier alpha value is -0.390. The molecule has 0 aromatic carbocycles. The Morgan fingerprint density at radius 3 is 2.31 bits per heavy atom. The van der Waals surface area contributed by atoms with E-state index in [1.165, 1.54) is 13.1 Å². The van der Waals surface area contributed by atoms with Crippen molar-refractivity contribution in [1.82, 2.24) is 4.31 Å². The first-order valence-electron chi connectivity index (χ1n) is 3.96. The van der Waals surface area contributed by atoms with Crippen LogP contribution in [-0.2, 0) is 10.0 Å². The summed E-state index contributed by atoms with van der Waals surface area (Å²) < 4.78 is 23.8. The molecule has 0 atom stereocenters. The van der Waals surface area contributed by atoms with Crippen LogP contribution in [0.25, 0.3) is 0 Å². The fourth-order valence-corrected chi connectivity index (χ4v) is 1.98. The van der Waals surface area contributed by atoms with Crippen molar-refractivity contribution in [2.75, 3.05) is 19.3 Å². The summed E-state index contributed by atoms with van der Waals surface area (Å²) in [5, 5.41) is 9.39. The molecule has 0 aliphatic rings. The van der Waals surface area contributed by atoms with Crippen molar-refractivity contribution in [1.29, 1.82) is 0 Å². The number of rotatable bonds is 5. The second kappa shape index (κ2) is 4.21. The molecule has 0 unspecified atom stereocenters. The number of sulfonamides is 1. The van der Waals surface area contributed by atoms with Gasteiger partial charge in [0.15, 0.2) is 0 Å². The highest BCUT2D eigenvalue weighted by molar-refractivity contribution is 7.89. The van der Waals surface area contributed by atoms with E-state index in [2.05, 4.69) is 6.58 Å². The minimum Gasteiger partial charge on any atom is -0.389 e. The van der Waals surface area contributed by atoms with E-state index in [0.717, 1.165) is 4.31 Å². The van der Waals surface area contributed by atoms with Gasteiger partial charge in [-0.2, -0.15) is 0 Å². The van der Waals surface area contributed by atoms with E-state index in [1.54, 1.807) is 13.8 Å². The molecular formula is C8H17NO3S. The molecule has 5 heteroatoms. The second-order valence-corrected chi connectivity index (χ2v) is 5.76. The third-order valence-corrected chi connectivity index (χ3v) is 3.15. The van der Waals surface area contributed by atoms with Crippen LogP contribution in [0.5, 0.6) is 0 Å². The molecule has 0 aromatic rings. The third-order valence-electron chi connectivity index (χ3n) is 1.41. The van der Waals surface area contributed by atoms with Crippen LogP contribution < -0.4 is 0 Å². The van der Waals surface area contributed by atoms with Gasteiger partial charge in [0.1, 0.15) is 0 Å². The summed E-state index contributed by atoms with van der Waals surface area (Å²) in [5.41, 5.74) is -1.01. The molecular weight excluding hydrogens is 190 g/mol. The van der Waals surface area contributed by atoms with Gasteiger partial charge in [0.05, 0.1) is 11.4 Å². The van der Waals surface area contributed by atoms with Gasteiger partial charge in [-0.3, -0.25) is 0 Å². The molecule has 0 amide bonds. The number of hydrogen-bond acceptors (Lipinski definition) is 3. The summed E-state index contributed by atoms with van der Waals surface area (Å²) in [4.78, 5) is 0. The van der Waals surface area contributed by atoms with Crippen molar-refractivity contribution in [3.63, 3.8) is 0 Å². The van der Waals surface area contributed by atoms with Gasteiger partial charge >= 0.3 is 0 Å². The highest BCUT2D eigenvalue weighted by atomic mass is 32.2. The average Bonchev–Trinajstić information content (AvgIpc) is 1.82. The second-order valence-electron chi connectivity index (χ2n) is 3.64. The molecule has 0 aliphatic heterocycles. The maximum atomic E-state index is 11.4. The van der Waals surface area contributed by atoms with Crippen molar-refractivity contribution in [3.05, 3.63) is 12.7 Å². The van der Waals surface area contributed by atoms with Crippen LogP contribution in [0.3, 0.4) is 0 Å². The van der Waals surface area contributed by atoms with E-state index >= 15 is 0 Å². The van der Waals surface area contributed by atoms with Gasteiger partial charge in [-0.25, -0.2) is 12.7 Å². The Kier molecular flexibility index (Phi) is 4.09. The molecule has 0 radical (unpaired) electrons. The molecule has 0 aliphatic carbocycles. The number of aliphatic hydroxyl groups is 1. The van der Waals surface area contributed by atoms with Crippen LogP contribution in [0, 0.1) is 0 Å². The number of likely N-dealkylation sites (N-methyl/N-ethyl adjacent to an activating group) is 1. The lowest BCUT2D eigenvalue weighted by Gasteiger charge is -2.24. The smallest absolute Gasteiger partial charge is 0.217 e. The van der Waals surface area contributed by atoms with Crippen LogP contribution in [0.2, 0.25) is 0 Å². The largest absolute Gasteiger partial charge is 0.389 e. The number of hydrogen-bond donors (Lipinski definition) is 1. The summed E-state index contributed by atoms with van der Waals surface area (Å²) >= 11 is 0. The van der Waals surface area contributed by atoms with Gasteiger partial charge in [-0.15, -0.1) is 6.58 Å². The third kappa shape index (κ3) is 5.02. The minimum atomic E-state index is -3.29. The SMILES string of the molecule is C=CCS(=O)(=O)N(C)CC(C)(C)O. The van der Waals surface area contributed by atoms with E-state index in [0.29, 0.717) is 0 Å². The molecule has 0 heterocycles. The first-order valence-corrected chi connectivity index (χ1v) is 5.57. The molecule has 0 saturated heterocycles. The minimum absolute atomic E-state index is 0.0865. The van der Waals surface area contributed by atoms with Crippen LogP contribution in [0.15, 0.2) is 12.7 Å². The fraction of sp³-hybridized carbons (Fsp3) is 0.750. The maximum absolute atomic E-state index is 11.4. The monoisotopic (exact) mass is 207 g/mol. The van der Waals surface area contributed by atoms with Gasteiger partial charge in [0, 0.05) is 13.6 Å². The lowest BCUT2D eigenvalue weighted by atomic mass is 10.1. The molecule has 0 saturated carbocycles. The maximum Gasteiger partial charge on any atom is 0.217 e. The van der Waals surface area contributed by atoms with Crippen LogP contribution in [0.4, 0.5) is 0 Å². The molecule has 0 fully saturated rings. The predicted octanol–water partition coefficient (Wildman–Crippen LogP) is 0.205. The molecule has 78 valence electrons. The fourth-order valence-electron chi connectivity index (χ4n) is 0.919. The average molecular weight is 207 g/mol. The first-order chi connectivity index (χ1) is 5.69. The number of nitrogens with zero attached hydrogens (tertiary/aromatic N) is 1. The highest BCUT2D eigenvalue weighted by Gasteiger charge is 2.23. The van der Waals surface area contributed by atoms with Crippen molar-refractivity contribution < 1.29 is 13.5 Å². The van der Waals surface area contributed by atoms with Gasteiger partial charge in [0.2, 0.25) is 10.0 Å². The van der Waals surface area contributed by atoms with Crippen LogP contribution in [-0.4, -0.2) is 42.8 Å². The molecule has 0 spiro atoms. The topological polar surface area (TPSA) is 57.6 Å². The van der Waals surface area contributed by atoms with Crippen molar-refractivity contribution >= 4 is 10.0 Å². The Morgan fingerprint density at radius 1 is 1.54 bits per heavy atom. The summed E-state index contributed by atoms with van der Waals surface area (Å²) in [5.74, 6) is -0.0976. The van der Waals surface area contributed by atoms with Crippen LogP contribution in [0.1, 0.15) is 13.8 Å². The first kappa shape index (κ1) is 12.6. The zero-order chi connectivity index (χ0) is 10.7. The lowest BCUT2D eigenvalue weighted by molar-refractivity contribution is 0.0640. The standard InChI is InChI=1S/C8H17NO3S/c1-5-6-13(11,12)9(4)7-8(2,3)10/h5,10H,1,6-7H2,2-4H3. The molecule has 0 aromatic heterocycles. The lowest BCUT2D eigenvalue weighted by Crippen LogP contribution is -2.40. The Labute approximate surface area is 79.9 Å². The Balaban J connectivity index is 4.43. The zero-order valence-corrected chi connectivity index (χ0v) is 9.13. The van der Waals surface area contributed by atoms with E-state index in [1.807, 2.05) is 0 Å². The molecule has 13 heavy (non-hydrogen) atoms. The van der Waals surface area contributed by atoms with E-state index in [9.17, 15) is 13.5 Å². The van der Waals surface area contributed by atoms with Crippen LogP contribution >= 0.6 is 0 Å². The quantitative estimate of drug-likeness (QED) is 0.655. The highest BCUT2D eigenvalue weighted by Crippen LogP contribution is 2.07. The molecule has 0 rings (SSSR count). The Bertz CT molecular complexity index is 264. The molecule has 1 N–H and O–H groups in total. The van der Waals surface area contributed by atoms with Crippen molar-refractivity contribution in [2.45, 2.75) is 19.4 Å². The van der Waals surface area contributed by atoms with Gasteiger partial charge in [-0.05, 0) is 13.8 Å². The van der Waals surface area contributed by atoms with Crippen molar-refractivity contribution in [3.8, 4) is 0 Å². The van der Waals surface area contributed by atoms with Gasteiger partial charge in [0.25, 0.3) is 0 Å². The van der Waals surface area contributed by atoms with Gasteiger partial charge in [-0.1, -0.05) is 6.08 Å². The summed E-state index contributed by atoms with van der Waals surface area (Å²) in [6, 6.07) is 0. The van der Waals surface area contributed by atoms with E-state index in [4.69, 9.17) is 0 Å². The summed E-state index contributed by atoms with van der Waals surface area (Å²) in [6.45, 7) is 6.57. The molecule has 4 nitrogen and oxygen atoms in total. The van der Waals surface area contributed by atoms with E-state index < -0.39 is 15.6 Å². The van der Waals surface area contributed by atoms with Crippen molar-refractivity contribution in [2.24, 2.45) is 0 Å². The predicted molar refractivity (Wildman–Crippen MR) is 52.9 cm³/mol. The Morgan fingerprint density at radius 2 is 2.00 bits per heavy atom. The zero-order valence-electron chi connectivity index (χ0n) is 8.32.